The van der Waals surface area contributed by atoms with E-state index in [1.54, 1.807) is 18.2 Å². The molecule has 2 bridgehead atoms. The van der Waals surface area contributed by atoms with Crippen molar-refractivity contribution in [1.82, 2.24) is 14.2 Å². The van der Waals surface area contributed by atoms with Crippen LogP contribution in [0.3, 0.4) is 0 Å². The van der Waals surface area contributed by atoms with E-state index in [0.717, 1.165) is 66.1 Å². The first-order chi connectivity index (χ1) is 26.9. The van der Waals surface area contributed by atoms with Crippen LogP contribution in [0.2, 0.25) is 0 Å². The Labute approximate surface area is 332 Å². The number of carbonyl (C=O) groups excluding carboxylic acids is 1. The van der Waals surface area contributed by atoms with Crippen molar-refractivity contribution in [3.05, 3.63) is 58.6 Å². The lowest BCUT2D eigenvalue weighted by molar-refractivity contribution is -0.178. The Balaban J connectivity index is 0.971. The molecule has 3 saturated heterocycles. The number of ether oxygens (including phenoxy) is 3. The number of thiazole rings is 1. The molecule has 0 amide bonds. The molecule has 3 aromatic rings. The van der Waals surface area contributed by atoms with Gasteiger partial charge in [0.2, 0.25) is 10.0 Å². The van der Waals surface area contributed by atoms with Crippen LogP contribution in [-0.4, -0.2) is 97.6 Å². The highest BCUT2D eigenvalue weighted by atomic mass is 32.2. The fraction of sp³-hybridized carbons (Fsp3) is 0.667. The van der Waals surface area contributed by atoms with Crippen LogP contribution >= 0.6 is 11.3 Å². The predicted octanol–water partition coefficient (Wildman–Crippen LogP) is 6.58. The van der Waals surface area contributed by atoms with Gasteiger partial charge in [-0.05, 0) is 99.3 Å². The Morgan fingerprint density at radius 3 is 2.48 bits per heavy atom. The largest absolute Gasteiger partial charge is 0.462 e. The molecule has 306 valence electrons. The van der Waals surface area contributed by atoms with Crippen LogP contribution in [0.4, 0.5) is 8.78 Å². The van der Waals surface area contributed by atoms with Gasteiger partial charge in [-0.15, -0.1) is 11.3 Å². The quantitative estimate of drug-likeness (QED) is 0.170. The lowest BCUT2D eigenvalue weighted by Gasteiger charge is -2.35. The van der Waals surface area contributed by atoms with E-state index in [2.05, 4.69) is 4.90 Å². The molecular weight excluding hydrogens is 761 g/mol. The fourth-order valence-electron chi connectivity index (χ4n) is 10.1. The third-order valence-corrected chi connectivity index (χ3v) is 15.8. The molecule has 0 spiro atoms. The van der Waals surface area contributed by atoms with Crippen molar-refractivity contribution in [2.24, 2.45) is 35.5 Å². The monoisotopic (exact) mass is 815 g/mol. The smallest absolute Gasteiger partial charge is 0.306 e. The summed E-state index contributed by atoms with van der Waals surface area (Å²) < 4.78 is 77.1. The standard InChI is InChI=1S/C42H55F2N3O7S2/c1-25(2)21-47(56(50,51)33-7-8-36-38(20-33)55-39(45-36)16-26-9-11-46(12-10-26)32-5-3-4-6-32)22-37(48)28(13-27-14-30(43)19-31(44)15-27)18-40(49)54-41-29-17-34-35(41)24-53-42(34)52-23-29/h7-8,14-15,19-20,25-26,28-29,32,34-35,37,41-42,48H,3-6,9-13,16-18,21-24H2,1-2H3/t28-,29?,34?,35?,37-,41?,42?/m1/s1. The first kappa shape index (κ1) is 40.2. The van der Waals surface area contributed by atoms with E-state index in [1.807, 2.05) is 13.8 Å². The van der Waals surface area contributed by atoms with E-state index in [4.69, 9.17) is 19.2 Å². The summed E-state index contributed by atoms with van der Waals surface area (Å²) in [4.78, 5) is 21.3. The molecule has 0 radical (unpaired) electrons. The van der Waals surface area contributed by atoms with Crippen molar-refractivity contribution in [1.29, 1.82) is 0 Å². The lowest BCUT2D eigenvalue weighted by Crippen LogP contribution is -2.43. The van der Waals surface area contributed by atoms with Crippen molar-refractivity contribution >= 4 is 37.5 Å². The lowest BCUT2D eigenvalue weighted by atomic mass is 9.90. The van der Waals surface area contributed by atoms with Gasteiger partial charge in [-0.2, -0.15) is 4.31 Å². The number of fused-ring (bicyclic) bond motifs is 2. The number of piperidine rings is 1. The number of sulfonamides is 1. The molecule has 2 aromatic carbocycles. The molecule has 10 nitrogen and oxygen atoms in total. The van der Waals surface area contributed by atoms with Gasteiger partial charge in [0.25, 0.3) is 0 Å². The van der Waals surface area contributed by atoms with Crippen molar-refractivity contribution in [2.75, 3.05) is 39.4 Å². The van der Waals surface area contributed by atoms with Crippen LogP contribution in [-0.2, 0) is 41.9 Å². The summed E-state index contributed by atoms with van der Waals surface area (Å²) in [6, 6.07) is 8.86. The molecule has 2 aliphatic carbocycles. The number of aliphatic hydroxyl groups is 1. The molecule has 5 unspecified atom stereocenters. The van der Waals surface area contributed by atoms with Crippen LogP contribution in [0.15, 0.2) is 41.3 Å². The number of esters is 1. The molecular formula is C42H55F2N3O7S2. The first-order valence-corrected chi connectivity index (χ1v) is 22.8. The van der Waals surface area contributed by atoms with Gasteiger partial charge in [0.05, 0.1) is 45.9 Å². The van der Waals surface area contributed by atoms with E-state index in [9.17, 15) is 27.1 Å². The fourth-order valence-corrected chi connectivity index (χ4v) is 12.9. The SMILES string of the molecule is CC(C)CN(C[C@@H](O)[C@@H](CC(=O)OC1C2COC3OCC1C3C2)Cc1cc(F)cc(F)c1)S(=O)(=O)c1ccc2nc(CC3CCN(C4CCCC4)CC3)sc2c1. The highest BCUT2D eigenvalue weighted by molar-refractivity contribution is 7.89. The highest BCUT2D eigenvalue weighted by Crippen LogP contribution is 2.49. The number of halogens is 2. The maximum Gasteiger partial charge on any atom is 0.306 e. The third-order valence-electron chi connectivity index (χ3n) is 12.9. The molecule has 1 aromatic heterocycles. The molecule has 3 aliphatic heterocycles. The van der Waals surface area contributed by atoms with Crippen molar-refractivity contribution < 1.29 is 41.3 Å². The number of carbonyl (C=O) groups is 1. The number of aromatic nitrogens is 1. The van der Waals surface area contributed by atoms with Crippen LogP contribution in [0.5, 0.6) is 0 Å². The minimum atomic E-state index is -4.12. The van der Waals surface area contributed by atoms with Gasteiger partial charge in [-0.1, -0.05) is 26.7 Å². The van der Waals surface area contributed by atoms with Crippen molar-refractivity contribution in [3.63, 3.8) is 0 Å². The van der Waals surface area contributed by atoms with Gasteiger partial charge in [0.1, 0.15) is 17.7 Å². The van der Waals surface area contributed by atoms with Crippen LogP contribution < -0.4 is 0 Å². The maximum atomic E-state index is 14.4. The van der Waals surface area contributed by atoms with Crippen LogP contribution in [0.25, 0.3) is 10.2 Å². The van der Waals surface area contributed by atoms with Gasteiger partial charge in [-0.25, -0.2) is 22.2 Å². The molecule has 2 saturated carbocycles. The van der Waals surface area contributed by atoms with Gasteiger partial charge < -0.3 is 24.2 Å². The van der Waals surface area contributed by atoms with Gasteiger partial charge >= 0.3 is 5.97 Å². The summed E-state index contributed by atoms with van der Waals surface area (Å²) in [6.07, 6.45) is 7.00. The second-order valence-corrected chi connectivity index (χ2v) is 20.5. The summed E-state index contributed by atoms with van der Waals surface area (Å²) in [5.41, 5.74) is 1.02. The second kappa shape index (κ2) is 16.9. The summed E-state index contributed by atoms with van der Waals surface area (Å²) in [7, 11) is -4.12. The number of rotatable bonds is 15. The van der Waals surface area contributed by atoms with Crippen molar-refractivity contribution in [2.45, 2.75) is 107 Å². The molecule has 8 rings (SSSR count). The summed E-state index contributed by atoms with van der Waals surface area (Å²) in [6.45, 7) is 6.73. The molecule has 5 fully saturated rings. The van der Waals surface area contributed by atoms with E-state index in [-0.39, 0.29) is 72.5 Å². The zero-order chi connectivity index (χ0) is 39.1. The van der Waals surface area contributed by atoms with E-state index in [1.165, 1.54) is 53.5 Å². The minimum Gasteiger partial charge on any atom is -0.462 e. The normalized spacial score (nSPS) is 27.2. The number of hydrogen-bond acceptors (Lipinski definition) is 10. The summed E-state index contributed by atoms with van der Waals surface area (Å²) in [5, 5.41) is 12.8. The zero-order valence-electron chi connectivity index (χ0n) is 32.4. The molecule has 4 heterocycles. The minimum absolute atomic E-state index is 0.0234. The maximum absolute atomic E-state index is 14.4. The second-order valence-electron chi connectivity index (χ2n) is 17.4. The molecule has 1 N–H and O–H groups in total. The van der Waals surface area contributed by atoms with Gasteiger partial charge in [0, 0.05) is 55.3 Å². The molecule has 14 heteroatoms. The van der Waals surface area contributed by atoms with E-state index < -0.39 is 39.6 Å². The number of hydrogen-bond donors (Lipinski definition) is 1. The Morgan fingerprint density at radius 1 is 1.02 bits per heavy atom. The Kier molecular flexibility index (Phi) is 12.2. The average molecular weight is 816 g/mol. The number of likely N-dealkylation sites (tertiary alicyclic amines) is 1. The highest BCUT2D eigenvalue weighted by Gasteiger charge is 2.56. The molecule has 5 aliphatic rings. The predicted molar refractivity (Wildman–Crippen MR) is 208 cm³/mol. The Hall–Kier alpha value is -2.59. The number of nitrogens with zero attached hydrogens (tertiary/aromatic N) is 3. The zero-order valence-corrected chi connectivity index (χ0v) is 34.0. The van der Waals surface area contributed by atoms with E-state index >= 15 is 0 Å². The Morgan fingerprint density at radius 2 is 1.75 bits per heavy atom. The Bertz CT molecular complexity index is 1950. The van der Waals surface area contributed by atoms with Crippen molar-refractivity contribution in [3.8, 4) is 0 Å². The van der Waals surface area contributed by atoms with Crippen LogP contribution in [0, 0.1) is 47.1 Å². The summed E-state index contributed by atoms with van der Waals surface area (Å²) in [5.74, 6) is -2.30. The number of aliphatic hydroxyl groups excluding tert-OH is 1. The van der Waals surface area contributed by atoms with Gasteiger partial charge in [-0.3, -0.25) is 4.79 Å². The average Bonchev–Trinajstić information content (AvgIpc) is 3.95. The van der Waals surface area contributed by atoms with Crippen LogP contribution in [0.1, 0.15) is 75.8 Å². The first-order valence-electron chi connectivity index (χ1n) is 20.6. The van der Waals surface area contributed by atoms with Gasteiger partial charge in [0.15, 0.2) is 6.29 Å². The molecule has 56 heavy (non-hydrogen) atoms. The third kappa shape index (κ3) is 8.86. The summed E-state index contributed by atoms with van der Waals surface area (Å²) >= 11 is 1.54. The molecule has 7 atom stereocenters. The topological polar surface area (TPSA) is 118 Å². The van der Waals surface area contributed by atoms with E-state index in [0.29, 0.717) is 19.1 Å². The number of benzene rings is 2.